The SMILES string of the molecule is CC(=O)C(C)(C)C.CCC(C)(C)C.[B][B]B([B])B([B])[B]. The Morgan fingerprint density at radius 1 is 1.05 bits per heavy atom. The Labute approximate surface area is 134 Å². The van der Waals surface area contributed by atoms with Crippen LogP contribution in [0.25, 0.3) is 0 Å². The zero-order valence-corrected chi connectivity index (χ0v) is 14.7. The number of Topliss-reactive ketones (excluding diaryl/α,β-unsaturated/α-hetero) is 1. The minimum atomic E-state index is -0.537. The number of hydrogen-bond donors (Lipinski definition) is 0. The van der Waals surface area contributed by atoms with E-state index in [1.807, 2.05) is 20.8 Å². The molecule has 0 unspecified atom stereocenters. The van der Waals surface area contributed by atoms with Crippen molar-refractivity contribution < 1.29 is 4.79 Å². The van der Waals surface area contributed by atoms with Crippen molar-refractivity contribution in [3.05, 3.63) is 0 Å². The number of ketones is 1. The van der Waals surface area contributed by atoms with E-state index in [4.69, 9.17) is 30.9 Å². The van der Waals surface area contributed by atoms with Crippen LogP contribution in [0.4, 0.5) is 0 Å². The average Bonchev–Trinajstić information content (AvgIpc) is 2.27. The van der Waals surface area contributed by atoms with Crippen molar-refractivity contribution in [2.24, 2.45) is 10.8 Å². The highest BCUT2D eigenvalue weighted by Gasteiger charge is 2.14. The second-order valence-electron chi connectivity index (χ2n) is 7.07. The van der Waals surface area contributed by atoms with Gasteiger partial charge in [-0.3, -0.25) is 4.79 Å². The van der Waals surface area contributed by atoms with Gasteiger partial charge in [0.2, 0.25) is 0 Å². The molecular formula is C12H26B7O. The predicted molar refractivity (Wildman–Crippen MR) is 100 cm³/mol. The molecule has 0 aromatic carbocycles. The van der Waals surface area contributed by atoms with Crippen LogP contribution in [0.5, 0.6) is 0 Å². The molecule has 0 spiro atoms. The van der Waals surface area contributed by atoms with Crippen LogP contribution < -0.4 is 0 Å². The van der Waals surface area contributed by atoms with Crippen molar-refractivity contribution in [3.63, 3.8) is 0 Å². The van der Waals surface area contributed by atoms with E-state index in [0.29, 0.717) is 5.41 Å². The van der Waals surface area contributed by atoms with Gasteiger partial charge in [-0.25, -0.2) is 0 Å². The van der Waals surface area contributed by atoms with Gasteiger partial charge in [-0.2, -0.15) is 0 Å². The first-order valence-electron chi connectivity index (χ1n) is 7.01. The molecule has 0 N–H and O–H groups in total. The van der Waals surface area contributed by atoms with E-state index in [1.165, 1.54) is 13.5 Å². The van der Waals surface area contributed by atoms with Crippen molar-refractivity contribution in [1.29, 1.82) is 0 Å². The summed E-state index contributed by atoms with van der Waals surface area (Å²) in [7, 11) is 21.6. The van der Waals surface area contributed by atoms with Gasteiger partial charge in [0.15, 0.2) is 0 Å². The molecule has 0 atom stereocenters. The van der Waals surface area contributed by atoms with Crippen LogP contribution in [0, 0.1) is 10.8 Å². The topological polar surface area (TPSA) is 17.1 Å². The summed E-state index contributed by atoms with van der Waals surface area (Å²) in [5.41, 5.74) is 0.403. The van der Waals surface area contributed by atoms with Crippen LogP contribution in [-0.4, -0.2) is 56.6 Å². The minimum Gasteiger partial charge on any atom is -0.299 e. The quantitative estimate of drug-likeness (QED) is 0.687. The third-order valence-electron chi connectivity index (χ3n) is 2.78. The molecule has 0 amide bonds. The molecule has 0 aliphatic carbocycles. The standard InChI is InChI=1S/C6H12O.C6H14.B7/c1-5(7)6(2,3)4;1-5-6(2,3)4;1-5-7(4)6(2)3/h1-4H3;5H2,1-4H3;. The number of rotatable bonds is 2. The normalized spacial score (nSPS) is 10.2. The number of carbonyl (C=O) groups is 1. The Hall–Kier alpha value is 0.125. The van der Waals surface area contributed by atoms with E-state index < -0.39 is 6.39 Å². The Kier molecular flexibility index (Phi) is 14.7. The lowest BCUT2D eigenvalue weighted by atomic mass is 8.76. The monoisotopic (exact) mass is 263 g/mol. The fourth-order valence-corrected chi connectivity index (χ4v) is 0.128. The molecule has 0 rings (SSSR count). The van der Waals surface area contributed by atoms with Gasteiger partial charge < -0.3 is 0 Å². The largest absolute Gasteiger partial charge is 0.299 e. The Balaban J connectivity index is -0.000000218. The summed E-state index contributed by atoms with van der Waals surface area (Å²) in [6.07, 6.45) is 0.345. The lowest BCUT2D eigenvalue weighted by Crippen LogP contribution is -2.43. The third-order valence-corrected chi connectivity index (χ3v) is 2.78. The smallest absolute Gasteiger partial charge is 0.135 e. The molecule has 0 saturated carbocycles. The number of carbonyl (C=O) groups excluding carboxylic acids is 1. The van der Waals surface area contributed by atoms with Gasteiger partial charge in [0.1, 0.15) is 5.78 Å². The highest BCUT2D eigenvalue weighted by Crippen LogP contribution is 2.16. The highest BCUT2D eigenvalue weighted by molar-refractivity contribution is 7.81. The zero-order valence-electron chi connectivity index (χ0n) is 14.7. The average molecular weight is 262 g/mol. The molecule has 20 heavy (non-hydrogen) atoms. The van der Waals surface area contributed by atoms with E-state index in [1.54, 1.807) is 6.92 Å². The van der Waals surface area contributed by atoms with Crippen molar-refractivity contribution in [1.82, 2.24) is 0 Å². The molecule has 0 saturated heterocycles. The summed E-state index contributed by atoms with van der Waals surface area (Å²) in [6, 6.07) is 0. The van der Waals surface area contributed by atoms with Crippen molar-refractivity contribution >= 4 is 56.6 Å². The summed E-state index contributed by atoms with van der Waals surface area (Å²) in [5.74, 6) is 0.243. The van der Waals surface area contributed by atoms with Gasteiger partial charge >= 0.3 is 0 Å². The predicted octanol–water partition coefficient (Wildman–Crippen LogP) is 1.40. The van der Waals surface area contributed by atoms with Crippen LogP contribution in [-0.2, 0) is 4.79 Å². The van der Waals surface area contributed by atoms with Gasteiger partial charge in [0.05, 0.1) is 0 Å². The second-order valence-corrected chi connectivity index (χ2v) is 7.07. The van der Waals surface area contributed by atoms with Crippen molar-refractivity contribution in [2.75, 3.05) is 0 Å². The van der Waals surface area contributed by atoms with E-state index in [2.05, 4.69) is 27.7 Å². The molecular weight excluding hydrogens is 236 g/mol. The maximum absolute atomic E-state index is 10.5. The first kappa shape index (κ1) is 25.1. The zero-order chi connectivity index (χ0) is 17.1. The van der Waals surface area contributed by atoms with Crippen molar-refractivity contribution in [2.45, 2.75) is 61.8 Å². The molecule has 101 valence electrons. The first-order chi connectivity index (χ1) is 8.68. The first-order valence-corrected chi connectivity index (χ1v) is 7.01. The maximum atomic E-state index is 10.5. The second kappa shape index (κ2) is 11.7. The van der Waals surface area contributed by atoms with Crippen LogP contribution in [0.1, 0.15) is 61.8 Å². The van der Waals surface area contributed by atoms with E-state index in [-0.39, 0.29) is 17.6 Å². The highest BCUT2D eigenvalue weighted by atomic mass is 16.1. The molecule has 0 aliphatic heterocycles. The lowest BCUT2D eigenvalue weighted by molar-refractivity contribution is -0.124. The molecule has 0 aromatic rings. The van der Waals surface area contributed by atoms with E-state index in [0.717, 1.165) is 0 Å². The Bertz CT molecular complexity index is 243. The summed E-state index contributed by atoms with van der Waals surface area (Å²) < 4.78 is 0. The van der Waals surface area contributed by atoms with Crippen LogP contribution in [0.2, 0.25) is 0 Å². The van der Waals surface area contributed by atoms with Gasteiger partial charge in [0, 0.05) is 56.2 Å². The van der Waals surface area contributed by atoms with Gasteiger partial charge in [-0.1, -0.05) is 54.9 Å². The van der Waals surface area contributed by atoms with Gasteiger partial charge in [-0.05, 0) is 12.3 Å². The van der Waals surface area contributed by atoms with E-state index in [9.17, 15) is 4.79 Å². The molecule has 0 bridgehead atoms. The van der Waals surface area contributed by atoms with Crippen LogP contribution >= 0.6 is 0 Å². The third kappa shape index (κ3) is 23.2. The van der Waals surface area contributed by atoms with Crippen molar-refractivity contribution in [3.8, 4) is 0 Å². The fourth-order valence-electron chi connectivity index (χ4n) is 0.128. The molecule has 0 aliphatic rings. The van der Waals surface area contributed by atoms with E-state index >= 15 is 0 Å². The summed E-state index contributed by atoms with van der Waals surface area (Å²) >= 11 is 0. The minimum absolute atomic E-state index is 0.139. The van der Waals surface area contributed by atoms with Gasteiger partial charge in [0.25, 0.3) is 0 Å². The lowest BCUT2D eigenvalue weighted by Gasteiger charge is -2.12. The van der Waals surface area contributed by atoms with Crippen LogP contribution in [0.15, 0.2) is 0 Å². The summed E-state index contributed by atoms with van der Waals surface area (Å²) in [4.78, 5) is 10.5. The molecule has 0 aromatic heterocycles. The Morgan fingerprint density at radius 2 is 1.30 bits per heavy atom. The summed E-state index contributed by atoms with van der Waals surface area (Å²) in [5, 5.41) is 0. The summed E-state index contributed by atoms with van der Waals surface area (Å²) in [6.45, 7) is 16.3. The molecule has 0 fully saturated rings. The molecule has 8 heteroatoms. The fraction of sp³-hybridized carbons (Fsp3) is 0.917. The van der Waals surface area contributed by atoms with Gasteiger partial charge in [-0.15, -0.1) is 0 Å². The molecule has 9 radical (unpaired) electrons. The maximum Gasteiger partial charge on any atom is 0.135 e. The molecule has 1 nitrogen and oxygen atoms in total. The number of hydrogen-bond acceptors (Lipinski definition) is 1. The van der Waals surface area contributed by atoms with Crippen LogP contribution in [0.3, 0.4) is 0 Å². The Morgan fingerprint density at radius 3 is 1.30 bits per heavy atom. The molecule has 0 heterocycles.